The maximum absolute atomic E-state index is 12.8. The van der Waals surface area contributed by atoms with Crippen molar-refractivity contribution in [2.45, 2.75) is 31.5 Å². The SMILES string of the molecule is Cn1nc(C(F)(F)F)cc1C(=O)N1CCC(C(N)Cc2cccc(Cl)c2)CC1. The number of halogens is 4. The quantitative estimate of drug-likeness (QED) is 0.832. The zero-order valence-corrected chi connectivity index (χ0v) is 16.2. The summed E-state index contributed by atoms with van der Waals surface area (Å²) >= 11 is 6.01. The molecule has 0 saturated carbocycles. The van der Waals surface area contributed by atoms with E-state index in [-0.39, 0.29) is 17.7 Å². The van der Waals surface area contributed by atoms with Crippen LogP contribution in [0.4, 0.5) is 13.2 Å². The molecule has 1 aliphatic heterocycles. The van der Waals surface area contributed by atoms with E-state index in [0.29, 0.717) is 37.4 Å². The molecule has 1 aliphatic rings. The first-order chi connectivity index (χ1) is 13.1. The van der Waals surface area contributed by atoms with Crippen molar-refractivity contribution in [1.82, 2.24) is 14.7 Å². The summed E-state index contributed by atoms with van der Waals surface area (Å²) in [4.78, 5) is 14.2. The highest BCUT2D eigenvalue weighted by atomic mass is 35.5. The minimum absolute atomic E-state index is 0.0611. The minimum Gasteiger partial charge on any atom is -0.337 e. The Morgan fingerprint density at radius 1 is 1.32 bits per heavy atom. The average Bonchev–Trinajstić information content (AvgIpc) is 3.03. The third kappa shape index (κ3) is 4.67. The third-order valence-electron chi connectivity index (χ3n) is 5.18. The molecule has 28 heavy (non-hydrogen) atoms. The summed E-state index contributed by atoms with van der Waals surface area (Å²) in [5.41, 5.74) is 6.30. The van der Waals surface area contributed by atoms with Crippen LogP contribution in [-0.2, 0) is 19.6 Å². The van der Waals surface area contributed by atoms with Gasteiger partial charge in [-0.2, -0.15) is 18.3 Å². The molecule has 0 spiro atoms. The second-order valence-electron chi connectivity index (χ2n) is 7.16. The Labute approximate surface area is 166 Å². The second kappa shape index (κ2) is 8.13. The van der Waals surface area contributed by atoms with Crippen molar-refractivity contribution in [3.8, 4) is 0 Å². The Morgan fingerprint density at radius 2 is 2.00 bits per heavy atom. The number of aryl methyl sites for hydroxylation is 1. The van der Waals surface area contributed by atoms with Crippen LogP contribution in [0.1, 0.15) is 34.6 Å². The van der Waals surface area contributed by atoms with Crippen molar-refractivity contribution in [3.05, 3.63) is 52.3 Å². The van der Waals surface area contributed by atoms with Gasteiger partial charge in [0.15, 0.2) is 5.69 Å². The van der Waals surface area contributed by atoms with E-state index >= 15 is 0 Å². The number of rotatable bonds is 4. The lowest BCUT2D eigenvalue weighted by Crippen LogP contribution is -2.44. The molecular formula is C19H22ClF3N4O. The van der Waals surface area contributed by atoms with Crippen LogP contribution < -0.4 is 5.73 Å². The van der Waals surface area contributed by atoms with E-state index in [1.165, 1.54) is 7.05 Å². The highest BCUT2D eigenvalue weighted by Crippen LogP contribution is 2.29. The molecule has 1 unspecified atom stereocenters. The number of benzene rings is 1. The molecule has 0 bridgehead atoms. The van der Waals surface area contributed by atoms with Crippen LogP contribution in [0.25, 0.3) is 0 Å². The number of piperidine rings is 1. The van der Waals surface area contributed by atoms with Crippen LogP contribution in [0.5, 0.6) is 0 Å². The van der Waals surface area contributed by atoms with Gasteiger partial charge in [0.2, 0.25) is 0 Å². The maximum Gasteiger partial charge on any atom is 0.435 e. The van der Waals surface area contributed by atoms with Gasteiger partial charge in [0.1, 0.15) is 5.69 Å². The highest BCUT2D eigenvalue weighted by molar-refractivity contribution is 6.30. The van der Waals surface area contributed by atoms with Crippen molar-refractivity contribution >= 4 is 17.5 Å². The van der Waals surface area contributed by atoms with Crippen LogP contribution in [0.15, 0.2) is 30.3 Å². The topological polar surface area (TPSA) is 64.2 Å². The van der Waals surface area contributed by atoms with Crippen LogP contribution in [0.2, 0.25) is 5.02 Å². The normalized spacial score (nSPS) is 17.0. The summed E-state index contributed by atoms with van der Waals surface area (Å²) in [6.45, 7) is 0.915. The molecule has 1 aromatic carbocycles. The van der Waals surface area contributed by atoms with Gasteiger partial charge in [-0.25, -0.2) is 0 Å². The highest BCUT2D eigenvalue weighted by Gasteiger charge is 2.36. The average molecular weight is 415 g/mol. The van der Waals surface area contributed by atoms with Crippen LogP contribution in [0.3, 0.4) is 0 Å². The van der Waals surface area contributed by atoms with E-state index in [2.05, 4.69) is 5.10 Å². The molecule has 2 N–H and O–H groups in total. The van der Waals surface area contributed by atoms with Gasteiger partial charge in [0.05, 0.1) is 0 Å². The smallest absolute Gasteiger partial charge is 0.337 e. The maximum atomic E-state index is 12.8. The molecule has 0 aliphatic carbocycles. The summed E-state index contributed by atoms with van der Waals surface area (Å²) < 4.78 is 39.4. The number of hydrogen-bond donors (Lipinski definition) is 1. The fourth-order valence-corrected chi connectivity index (χ4v) is 3.81. The summed E-state index contributed by atoms with van der Waals surface area (Å²) in [7, 11) is 1.34. The molecule has 2 heterocycles. The number of carbonyl (C=O) groups is 1. The lowest BCUT2D eigenvalue weighted by Gasteiger charge is -2.34. The molecule has 2 aromatic rings. The number of amides is 1. The fourth-order valence-electron chi connectivity index (χ4n) is 3.60. The number of alkyl halides is 3. The number of nitrogens with two attached hydrogens (primary N) is 1. The molecule has 3 rings (SSSR count). The standard InChI is InChI=1S/C19H22ClF3N4O/c1-26-16(11-17(25-26)19(21,22)23)18(28)27-7-5-13(6-8-27)15(24)10-12-3-2-4-14(20)9-12/h2-4,9,11,13,15H,5-8,10,24H2,1H3. The Hall–Kier alpha value is -2.06. The molecule has 1 fully saturated rings. The van der Waals surface area contributed by atoms with Gasteiger partial charge in [0, 0.05) is 37.3 Å². The number of likely N-dealkylation sites (tertiary alicyclic amines) is 1. The monoisotopic (exact) mass is 414 g/mol. The molecule has 1 amide bonds. The first-order valence-electron chi connectivity index (χ1n) is 9.05. The van der Waals surface area contributed by atoms with Gasteiger partial charge in [-0.1, -0.05) is 23.7 Å². The van der Waals surface area contributed by atoms with Crippen molar-refractivity contribution < 1.29 is 18.0 Å². The van der Waals surface area contributed by atoms with Crippen molar-refractivity contribution in [2.24, 2.45) is 18.7 Å². The first-order valence-corrected chi connectivity index (χ1v) is 9.43. The summed E-state index contributed by atoms with van der Waals surface area (Å²) in [5, 5.41) is 4.07. The zero-order chi connectivity index (χ0) is 20.5. The summed E-state index contributed by atoms with van der Waals surface area (Å²) in [5.74, 6) is -0.201. The van der Waals surface area contributed by atoms with Crippen LogP contribution >= 0.6 is 11.6 Å². The Kier molecular flexibility index (Phi) is 6.00. The lowest BCUT2D eigenvalue weighted by molar-refractivity contribution is -0.141. The van der Waals surface area contributed by atoms with Gasteiger partial charge in [0.25, 0.3) is 5.91 Å². The number of nitrogens with zero attached hydrogens (tertiary/aromatic N) is 3. The van der Waals surface area contributed by atoms with Crippen LogP contribution in [-0.4, -0.2) is 39.7 Å². The molecular weight excluding hydrogens is 393 g/mol. The zero-order valence-electron chi connectivity index (χ0n) is 15.4. The third-order valence-corrected chi connectivity index (χ3v) is 5.42. The number of carbonyl (C=O) groups excluding carboxylic acids is 1. The van der Waals surface area contributed by atoms with Gasteiger partial charge in [-0.15, -0.1) is 0 Å². The second-order valence-corrected chi connectivity index (χ2v) is 7.60. The molecule has 9 heteroatoms. The Balaban J connectivity index is 1.59. The number of hydrogen-bond acceptors (Lipinski definition) is 3. The van der Waals surface area contributed by atoms with E-state index in [1.807, 2.05) is 24.3 Å². The van der Waals surface area contributed by atoms with Crippen LogP contribution in [0, 0.1) is 5.92 Å². The van der Waals surface area contributed by atoms with Crippen molar-refractivity contribution in [2.75, 3.05) is 13.1 Å². The first kappa shape index (κ1) is 20.7. The lowest BCUT2D eigenvalue weighted by atomic mass is 9.86. The van der Waals surface area contributed by atoms with E-state index in [9.17, 15) is 18.0 Å². The van der Waals surface area contributed by atoms with Gasteiger partial charge < -0.3 is 10.6 Å². The minimum atomic E-state index is -4.57. The number of aromatic nitrogens is 2. The molecule has 1 saturated heterocycles. The van der Waals surface area contributed by atoms with E-state index in [1.54, 1.807) is 4.90 Å². The largest absolute Gasteiger partial charge is 0.435 e. The van der Waals surface area contributed by atoms with E-state index in [0.717, 1.165) is 16.3 Å². The Bertz CT molecular complexity index is 844. The fraction of sp³-hybridized carbons (Fsp3) is 0.474. The van der Waals surface area contributed by atoms with E-state index < -0.39 is 17.8 Å². The van der Waals surface area contributed by atoms with Gasteiger partial charge in [-0.3, -0.25) is 9.48 Å². The van der Waals surface area contributed by atoms with Crippen molar-refractivity contribution in [3.63, 3.8) is 0 Å². The molecule has 0 radical (unpaired) electrons. The molecule has 1 aromatic heterocycles. The molecule has 5 nitrogen and oxygen atoms in total. The molecule has 1 atom stereocenters. The van der Waals surface area contributed by atoms with Gasteiger partial charge >= 0.3 is 6.18 Å². The van der Waals surface area contributed by atoms with E-state index in [4.69, 9.17) is 17.3 Å². The summed E-state index contributed by atoms with van der Waals surface area (Å²) in [6, 6.07) is 8.30. The predicted molar refractivity (Wildman–Crippen MR) is 100.0 cm³/mol. The van der Waals surface area contributed by atoms with Gasteiger partial charge in [-0.05, 0) is 42.9 Å². The molecule has 152 valence electrons. The predicted octanol–water partition coefficient (Wildman–Crippen LogP) is 3.51. The Morgan fingerprint density at radius 3 is 2.57 bits per heavy atom. The summed E-state index contributed by atoms with van der Waals surface area (Å²) in [6.07, 6.45) is -2.47. The van der Waals surface area contributed by atoms with Crippen molar-refractivity contribution in [1.29, 1.82) is 0 Å².